The standard InChI is InChI=1S/C22H23N7O/c30-22(14-28-15-25-19-3-1-2-4-21(19)28)27-17-5-7-18(8-6-17)29-13-16(11-26-29)20-12-23-9-10-24-20/h1-4,9-13,15,17-18H,5-8,14H2,(H,27,30). The number of nitrogens with one attached hydrogen (secondary N) is 1. The van der Waals surface area contributed by atoms with Gasteiger partial charge in [0.25, 0.3) is 0 Å². The zero-order valence-corrected chi connectivity index (χ0v) is 16.6. The van der Waals surface area contributed by atoms with E-state index in [2.05, 4.69) is 25.4 Å². The highest BCUT2D eigenvalue weighted by atomic mass is 16.2. The summed E-state index contributed by atoms with van der Waals surface area (Å²) >= 11 is 0. The van der Waals surface area contributed by atoms with E-state index in [0.717, 1.165) is 48.0 Å². The Labute approximate surface area is 174 Å². The normalized spacial score (nSPS) is 19.1. The third-order valence-corrected chi connectivity index (χ3v) is 5.74. The molecule has 30 heavy (non-hydrogen) atoms. The lowest BCUT2D eigenvalue weighted by Crippen LogP contribution is -2.39. The fourth-order valence-corrected chi connectivity index (χ4v) is 4.17. The minimum absolute atomic E-state index is 0.0330. The molecule has 1 aliphatic carbocycles. The number of fused-ring (bicyclic) bond motifs is 1. The lowest BCUT2D eigenvalue weighted by atomic mass is 9.91. The van der Waals surface area contributed by atoms with Crippen LogP contribution in [0.5, 0.6) is 0 Å². The number of carbonyl (C=O) groups excluding carboxylic acids is 1. The van der Waals surface area contributed by atoms with Crippen molar-refractivity contribution in [1.82, 2.24) is 34.6 Å². The van der Waals surface area contributed by atoms with Crippen molar-refractivity contribution in [3.63, 3.8) is 0 Å². The van der Waals surface area contributed by atoms with Gasteiger partial charge in [0.15, 0.2) is 0 Å². The van der Waals surface area contributed by atoms with E-state index in [1.165, 1.54) is 0 Å². The van der Waals surface area contributed by atoms with Gasteiger partial charge in [0.2, 0.25) is 5.91 Å². The molecule has 1 fully saturated rings. The first kappa shape index (κ1) is 18.5. The average Bonchev–Trinajstić information content (AvgIpc) is 3.43. The van der Waals surface area contributed by atoms with Gasteiger partial charge in [-0.3, -0.25) is 19.4 Å². The van der Waals surface area contributed by atoms with Crippen LogP contribution in [-0.2, 0) is 11.3 Å². The Morgan fingerprint density at radius 1 is 1.07 bits per heavy atom. The van der Waals surface area contributed by atoms with Crippen LogP contribution < -0.4 is 5.32 Å². The van der Waals surface area contributed by atoms with Crippen molar-refractivity contribution in [2.45, 2.75) is 44.3 Å². The first-order valence-corrected chi connectivity index (χ1v) is 10.3. The van der Waals surface area contributed by atoms with Crippen molar-refractivity contribution in [1.29, 1.82) is 0 Å². The molecule has 0 saturated heterocycles. The number of carbonyl (C=O) groups is 1. The number of hydrogen-bond donors (Lipinski definition) is 1. The largest absolute Gasteiger partial charge is 0.352 e. The molecule has 0 radical (unpaired) electrons. The molecule has 1 aliphatic rings. The first-order valence-electron chi connectivity index (χ1n) is 10.3. The van der Waals surface area contributed by atoms with E-state index in [4.69, 9.17) is 0 Å². The van der Waals surface area contributed by atoms with Gasteiger partial charge in [0.05, 0.1) is 41.5 Å². The second-order valence-corrected chi connectivity index (χ2v) is 7.73. The molecule has 1 N–H and O–H groups in total. The Kier molecular flexibility index (Phi) is 4.96. The maximum Gasteiger partial charge on any atom is 0.240 e. The van der Waals surface area contributed by atoms with Crippen molar-refractivity contribution < 1.29 is 4.79 Å². The van der Waals surface area contributed by atoms with E-state index < -0.39 is 0 Å². The van der Waals surface area contributed by atoms with Gasteiger partial charge in [-0.2, -0.15) is 5.10 Å². The maximum atomic E-state index is 12.5. The number of para-hydroxylation sites is 2. The summed E-state index contributed by atoms with van der Waals surface area (Å²) < 4.78 is 3.92. The molecule has 0 bridgehead atoms. The minimum atomic E-state index is 0.0330. The topological polar surface area (TPSA) is 90.5 Å². The van der Waals surface area contributed by atoms with Crippen molar-refractivity contribution >= 4 is 16.9 Å². The van der Waals surface area contributed by atoms with Gasteiger partial charge in [0, 0.05) is 30.2 Å². The van der Waals surface area contributed by atoms with E-state index in [0.29, 0.717) is 12.6 Å². The van der Waals surface area contributed by atoms with Crippen molar-refractivity contribution in [3.8, 4) is 11.3 Å². The number of amides is 1. The van der Waals surface area contributed by atoms with Gasteiger partial charge < -0.3 is 9.88 Å². The van der Waals surface area contributed by atoms with Crippen LogP contribution in [0, 0.1) is 0 Å². The molecule has 5 rings (SSSR count). The Hall–Kier alpha value is -3.55. The van der Waals surface area contributed by atoms with Gasteiger partial charge in [-0.15, -0.1) is 0 Å². The predicted octanol–water partition coefficient (Wildman–Crippen LogP) is 2.99. The van der Waals surface area contributed by atoms with Gasteiger partial charge in [0.1, 0.15) is 6.54 Å². The zero-order chi connectivity index (χ0) is 20.3. The molecule has 0 aliphatic heterocycles. The Bertz CT molecular complexity index is 1140. The lowest BCUT2D eigenvalue weighted by molar-refractivity contribution is -0.122. The summed E-state index contributed by atoms with van der Waals surface area (Å²) in [5, 5.41) is 7.72. The summed E-state index contributed by atoms with van der Waals surface area (Å²) in [5.74, 6) is 0.0330. The van der Waals surface area contributed by atoms with E-state index >= 15 is 0 Å². The molecule has 0 atom stereocenters. The molecule has 3 heterocycles. The molecule has 0 unspecified atom stereocenters. The van der Waals surface area contributed by atoms with Gasteiger partial charge in [-0.25, -0.2) is 4.98 Å². The number of imidazole rings is 1. The monoisotopic (exact) mass is 401 g/mol. The second-order valence-electron chi connectivity index (χ2n) is 7.73. The van der Waals surface area contributed by atoms with E-state index in [9.17, 15) is 4.79 Å². The van der Waals surface area contributed by atoms with Crippen LogP contribution in [0.2, 0.25) is 0 Å². The van der Waals surface area contributed by atoms with Crippen LogP contribution in [-0.4, -0.2) is 41.2 Å². The fourth-order valence-electron chi connectivity index (χ4n) is 4.17. The number of benzene rings is 1. The molecule has 4 aromatic rings. The highest BCUT2D eigenvalue weighted by Gasteiger charge is 2.24. The van der Waals surface area contributed by atoms with Crippen LogP contribution in [0.3, 0.4) is 0 Å². The maximum absolute atomic E-state index is 12.5. The molecular weight excluding hydrogens is 378 g/mol. The predicted molar refractivity (Wildman–Crippen MR) is 112 cm³/mol. The molecule has 1 aromatic carbocycles. The fraction of sp³-hybridized carbons (Fsp3) is 0.318. The Balaban J connectivity index is 1.15. The van der Waals surface area contributed by atoms with Crippen LogP contribution >= 0.6 is 0 Å². The third kappa shape index (κ3) is 3.80. The quantitative estimate of drug-likeness (QED) is 0.555. The summed E-state index contributed by atoms with van der Waals surface area (Å²) in [6.07, 6.45) is 14.6. The smallest absolute Gasteiger partial charge is 0.240 e. The second kappa shape index (κ2) is 8.06. The van der Waals surface area contributed by atoms with Crippen LogP contribution in [0.25, 0.3) is 22.3 Å². The van der Waals surface area contributed by atoms with Gasteiger partial charge in [-0.1, -0.05) is 12.1 Å². The average molecular weight is 401 g/mol. The van der Waals surface area contributed by atoms with Crippen molar-refractivity contribution in [2.24, 2.45) is 0 Å². The highest BCUT2D eigenvalue weighted by molar-refractivity contribution is 5.80. The SMILES string of the molecule is O=C(Cn1cnc2ccccc21)NC1CCC(n2cc(-c3cnccn3)cn2)CC1. The molecule has 1 amide bonds. The molecule has 152 valence electrons. The van der Waals surface area contributed by atoms with E-state index in [1.54, 1.807) is 24.9 Å². The summed E-state index contributed by atoms with van der Waals surface area (Å²) in [4.78, 5) is 25.3. The summed E-state index contributed by atoms with van der Waals surface area (Å²) in [6.45, 7) is 0.293. The molecule has 8 nitrogen and oxygen atoms in total. The number of rotatable bonds is 5. The van der Waals surface area contributed by atoms with E-state index in [1.807, 2.05) is 45.9 Å². The summed E-state index contributed by atoms with van der Waals surface area (Å²) in [6, 6.07) is 8.41. The van der Waals surface area contributed by atoms with Crippen LogP contribution in [0.15, 0.2) is 61.6 Å². The van der Waals surface area contributed by atoms with E-state index in [-0.39, 0.29) is 11.9 Å². The molecule has 8 heteroatoms. The molecule has 1 saturated carbocycles. The Morgan fingerprint density at radius 2 is 1.93 bits per heavy atom. The molecule has 3 aromatic heterocycles. The van der Waals surface area contributed by atoms with Gasteiger partial charge in [-0.05, 0) is 37.8 Å². The minimum Gasteiger partial charge on any atom is -0.352 e. The van der Waals surface area contributed by atoms with Crippen LogP contribution in [0.4, 0.5) is 0 Å². The first-order chi connectivity index (χ1) is 14.8. The lowest BCUT2D eigenvalue weighted by Gasteiger charge is -2.29. The summed E-state index contributed by atoms with van der Waals surface area (Å²) in [5.41, 5.74) is 3.70. The van der Waals surface area contributed by atoms with Crippen molar-refractivity contribution in [2.75, 3.05) is 0 Å². The third-order valence-electron chi connectivity index (χ3n) is 5.74. The Morgan fingerprint density at radius 3 is 2.77 bits per heavy atom. The number of aromatic nitrogens is 6. The number of hydrogen-bond acceptors (Lipinski definition) is 5. The molecular formula is C22H23N7O. The van der Waals surface area contributed by atoms with Crippen LogP contribution in [0.1, 0.15) is 31.7 Å². The van der Waals surface area contributed by atoms with Gasteiger partial charge >= 0.3 is 0 Å². The van der Waals surface area contributed by atoms with Crippen molar-refractivity contribution in [3.05, 3.63) is 61.6 Å². The molecule has 0 spiro atoms. The zero-order valence-electron chi connectivity index (χ0n) is 16.6. The number of nitrogens with zero attached hydrogens (tertiary/aromatic N) is 6. The highest BCUT2D eigenvalue weighted by Crippen LogP contribution is 2.29. The summed E-state index contributed by atoms with van der Waals surface area (Å²) in [7, 11) is 0.